The van der Waals surface area contributed by atoms with Crippen LogP contribution in [0.5, 0.6) is 0 Å². The lowest BCUT2D eigenvalue weighted by Gasteiger charge is -2.30. The second-order valence-corrected chi connectivity index (χ2v) is 10.0. The molecule has 0 aromatic carbocycles. The van der Waals surface area contributed by atoms with Crippen LogP contribution in [-0.4, -0.2) is 43.0 Å². The standard InChI is InChI=1S/C23H28N6OS/c24-9-5-15-1-3-17(4-2-15)29-20(13-21(30)27-16-7-11-31-12-8-16)28-19-14-26-23-18(22(19)29)6-10-25-23/h6,10,14-17H,1-5,7-8,11-13H2,(H,25,26)(H,27,30). The molecule has 31 heavy (non-hydrogen) atoms. The van der Waals surface area contributed by atoms with Crippen LogP contribution in [0.15, 0.2) is 18.5 Å². The van der Waals surface area contributed by atoms with Crippen LogP contribution in [0.3, 0.4) is 0 Å². The molecule has 1 saturated carbocycles. The van der Waals surface area contributed by atoms with Gasteiger partial charge in [0.25, 0.3) is 0 Å². The second kappa shape index (κ2) is 8.91. The fourth-order valence-electron chi connectivity index (χ4n) is 5.16. The molecule has 2 N–H and O–H groups in total. The average molecular weight is 437 g/mol. The summed E-state index contributed by atoms with van der Waals surface area (Å²) in [5.74, 6) is 3.61. The third-order valence-corrected chi connectivity index (χ3v) is 7.82. The van der Waals surface area contributed by atoms with Gasteiger partial charge in [0.05, 0.1) is 24.2 Å². The van der Waals surface area contributed by atoms with Crippen LogP contribution in [0.2, 0.25) is 0 Å². The Morgan fingerprint density at radius 2 is 2.06 bits per heavy atom. The largest absolute Gasteiger partial charge is 0.353 e. The molecule has 162 valence electrons. The molecule has 1 saturated heterocycles. The fourth-order valence-corrected chi connectivity index (χ4v) is 6.27. The van der Waals surface area contributed by atoms with E-state index in [0.29, 0.717) is 24.8 Å². The number of aromatic nitrogens is 4. The summed E-state index contributed by atoms with van der Waals surface area (Å²) >= 11 is 1.96. The predicted octanol–water partition coefficient (Wildman–Crippen LogP) is 4.11. The van der Waals surface area contributed by atoms with Crippen LogP contribution < -0.4 is 5.32 Å². The summed E-state index contributed by atoms with van der Waals surface area (Å²) in [5, 5.41) is 13.4. The number of nitrogens with zero attached hydrogens (tertiary/aromatic N) is 4. The van der Waals surface area contributed by atoms with E-state index < -0.39 is 0 Å². The third kappa shape index (κ3) is 4.16. The first-order valence-electron chi connectivity index (χ1n) is 11.3. The van der Waals surface area contributed by atoms with Crippen LogP contribution in [-0.2, 0) is 11.2 Å². The molecular weight excluding hydrogens is 408 g/mol. The Morgan fingerprint density at radius 1 is 1.26 bits per heavy atom. The predicted molar refractivity (Wildman–Crippen MR) is 123 cm³/mol. The van der Waals surface area contributed by atoms with Crippen molar-refractivity contribution >= 4 is 39.7 Å². The number of imidazole rings is 1. The third-order valence-electron chi connectivity index (χ3n) is 6.77. The van der Waals surface area contributed by atoms with E-state index in [-0.39, 0.29) is 11.9 Å². The van der Waals surface area contributed by atoms with Crippen LogP contribution in [0.25, 0.3) is 22.1 Å². The molecule has 3 aromatic heterocycles. The van der Waals surface area contributed by atoms with Gasteiger partial charge in [0.2, 0.25) is 5.91 Å². The van der Waals surface area contributed by atoms with E-state index in [1.54, 1.807) is 0 Å². The lowest BCUT2D eigenvalue weighted by Crippen LogP contribution is -2.38. The van der Waals surface area contributed by atoms with E-state index in [1.807, 2.05) is 30.2 Å². The number of hydrogen-bond acceptors (Lipinski definition) is 5. The molecule has 7 nitrogen and oxygen atoms in total. The highest BCUT2D eigenvalue weighted by Crippen LogP contribution is 2.38. The molecule has 5 rings (SSSR count). The Hall–Kier alpha value is -2.53. The monoisotopic (exact) mass is 436 g/mol. The number of carbonyl (C=O) groups is 1. The Morgan fingerprint density at radius 3 is 2.84 bits per heavy atom. The molecule has 4 heterocycles. The lowest BCUT2D eigenvalue weighted by molar-refractivity contribution is -0.121. The van der Waals surface area contributed by atoms with Crippen LogP contribution in [0, 0.1) is 17.2 Å². The number of thioether (sulfide) groups is 1. The first-order chi connectivity index (χ1) is 15.2. The zero-order chi connectivity index (χ0) is 21.2. The maximum atomic E-state index is 12.9. The van der Waals surface area contributed by atoms with Gasteiger partial charge in [0, 0.05) is 30.1 Å². The van der Waals surface area contributed by atoms with Crippen molar-refractivity contribution < 1.29 is 4.79 Å². The zero-order valence-corrected chi connectivity index (χ0v) is 18.5. The number of amides is 1. The minimum atomic E-state index is 0.0601. The van der Waals surface area contributed by atoms with E-state index in [4.69, 9.17) is 10.2 Å². The average Bonchev–Trinajstić information content (AvgIpc) is 3.39. The van der Waals surface area contributed by atoms with E-state index in [0.717, 1.165) is 77.9 Å². The molecule has 0 bridgehead atoms. The van der Waals surface area contributed by atoms with Gasteiger partial charge in [-0.25, -0.2) is 9.97 Å². The fraction of sp³-hybridized carbons (Fsp3) is 0.565. The number of hydrogen-bond donors (Lipinski definition) is 2. The normalized spacial score (nSPS) is 22.5. The Kier molecular flexibility index (Phi) is 5.86. The van der Waals surface area contributed by atoms with Gasteiger partial charge >= 0.3 is 0 Å². The molecule has 0 radical (unpaired) electrons. The van der Waals surface area contributed by atoms with Gasteiger partial charge in [0.1, 0.15) is 17.0 Å². The molecule has 0 atom stereocenters. The number of aromatic amines is 1. The number of pyridine rings is 1. The lowest BCUT2D eigenvalue weighted by atomic mass is 9.84. The van der Waals surface area contributed by atoms with E-state index in [9.17, 15) is 4.79 Å². The van der Waals surface area contributed by atoms with Gasteiger partial charge in [-0.1, -0.05) is 0 Å². The molecule has 3 aromatic rings. The van der Waals surface area contributed by atoms with Crippen LogP contribution >= 0.6 is 11.8 Å². The minimum absolute atomic E-state index is 0.0601. The summed E-state index contributed by atoms with van der Waals surface area (Å²) in [6.07, 6.45) is 10.9. The highest BCUT2D eigenvalue weighted by Gasteiger charge is 2.28. The Bertz CT molecular complexity index is 1110. The highest BCUT2D eigenvalue weighted by atomic mass is 32.2. The zero-order valence-electron chi connectivity index (χ0n) is 17.6. The van der Waals surface area contributed by atoms with Crippen molar-refractivity contribution in [3.8, 4) is 6.07 Å². The molecule has 1 aliphatic heterocycles. The second-order valence-electron chi connectivity index (χ2n) is 8.80. The number of H-pyrrole nitrogens is 1. The van der Waals surface area contributed by atoms with Crippen molar-refractivity contribution in [1.29, 1.82) is 5.26 Å². The maximum absolute atomic E-state index is 12.9. The summed E-state index contributed by atoms with van der Waals surface area (Å²) in [6.45, 7) is 0. The van der Waals surface area contributed by atoms with Crippen molar-refractivity contribution in [2.24, 2.45) is 5.92 Å². The molecule has 8 heteroatoms. The molecule has 1 aliphatic carbocycles. The molecule has 1 amide bonds. The summed E-state index contributed by atoms with van der Waals surface area (Å²) in [4.78, 5) is 25.5. The van der Waals surface area contributed by atoms with Gasteiger partial charge < -0.3 is 14.9 Å². The number of nitrogens with one attached hydrogen (secondary N) is 2. The SMILES string of the molecule is N#CCC1CCC(n2c(CC(=O)NC3CCSCC3)nc3cnc4[nH]ccc4c32)CC1. The first kappa shape index (κ1) is 20.4. The number of nitriles is 1. The summed E-state index contributed by atoms with van der Waals surface area (Å²) in [5.41, 5.74) is 2.78. The highest BCUT2D eigenvalue weighted by molar-refractivity contribution is 7.99. The van der Waals surface area contributed by atoms with Gasteiger partial charge in [-0.15, -0.1) is 0 Å². The van der Waals surface area contributed by atoms with E-state index in [2.05, 4.69) is 25.9 Å². The Balaban J connectivity index is 1.46. The Labute approximate surface area is 186 Å². The summed E-state index contributed by atoms with van der Waals surface area (Å²) < 4.78 is 2.31. The van der Waals surface area contributed by atoms with Gasteiger partial charge in [-0.2, -0.15) is 17.0 Å². The molecular formula is C23H28N6OS. The molecule has 0 unspecified atom stereocenters. The van der Waals surface area contributed by atoms with Gasteiger partial charge in [-0.05, 0) is 62.0 Å². The van der Waals surface area contributed by atoms with E-state index in [1.165, 1.54) is 0 Å². The van der Waals surface area contributed by atoms with Crippen LogP contribution in [0.1, 0.15) is 56.8 Å². The van der Waals surface area contributed by atoms with Gasteiger partial charge in [-0.3, -0.25) is 4.79 Å². The van der Waals surface area contributed by atoms with Crippen LogP contribution in [0.4, 0.5) is 0 Å². The molecule has 0 spiro atoms. The van der Waals surface area contributed by atoms with Crippen molar-refractivity contribution in [2.45, 2.75) is 63.5 Å². The topological polar surface area (TPSA) is 99.4 Å². The van der Waals surface area contributed by atoms with Crippen molar-refractivity contribution in [3.63, 3.8) is 0 Å². The van der Waals surface area contributed by atoms with Crippen molar-refractivity contribution in [1.82, 2.24) is 24.8 Å². The summed E-state index contributed by atoms with van der Waals surface area (Å²) in [7, 11) is 0. The quantitative estimate of drug-likeness (QED) is 0.627. The summed E-state index contributed by atoms with van der Waals surface area (Å²) in [6, 6.07) is 4.96. The van der Waals surface area contributed by atoms with Crippen molar-refractivity contribution in [3.05, 3.63) is 24.3 Å². The first-order valence-corrected chi connectivity index (χ1v) is 12.5. The number of fused-ring (bicyclic) bond motifs is 3. The smallest absolute Gasteiger partial charge is 0.227 e. The minimum Gasteiger partial charge on any atom is -0.353 e. The number of rotatable bonds is 5. The molecule has 2 aliphatic rings. The molecule has 2 fully saturated rings. The number of carbonyl (C=O) groups excluding carboxylic acids is 1. The van der Waals surface area contributed by atoms with Gasteiger partial charge in [0.15, 0.2) is 0 Å². The maximum Gasteiger partial charge on any atom is 0.227 e. The van der Waals surface area contributed by atoms with Crippen molar-refractivity contribution in [2.75, 3.05) is 11.5 Å². The van der Waals surface area contributed by atoms with E-state index >= 15 is 0 Å².